The van der Waals surface area contributed by atoms with Gasteiger partial charge in [0, 0.05) is 36.5 Å². The lowest BCUT2D eigenvalue weighted by molar-refractivity contribution is -0.121. The van der Waals surface area contributed by atoms with E-state index in [1.54, 1.807) is 7.11 Å². The number of methoxy groups -OCH3 is 1. The Balaban J connectivity index is 1.35. The van der Waals surface area contributed by atoms with E-state index in [0.717, 1.165) is 16.8 Å². The van der Waals surface area contributed by atoms with Gasteiger partial charge in [-0.1, -0.05) is 60.7 Å². The van der Waals surface area contributed by atoms with Crippen molar-refractivity contribution in [3.63, 3.8) is 0 Å². The van der Waals surface area contributed by atoms with Gasteiger partial charge in [-0.3, -0.25) is 14.3 Å². The average Bonchev–Trinajstić information content (AvgIpc) is 3.37. The number of anilines is 1. The SMILES string of the molecule is COc1ccccc1-c1nn(Cc2ccccc2)cc1C(=O)N1CCC(C(=O)Nc2ccccc2)CC1. The van der Waals surface area contributed by atoms with Crippen LogP contribution >= 0.6 is 0 Å². The Morgan fingerprint density at radius 2 is 1.57 bits per heavy atom. The van der Waals surface area contributed by atoms with Gasteiger partial charge in [0.25, 0.3) is 5.91 Å². The monoisotopic (exact) mass is 494 g/mol. The van der Waals surface area contributed by atoms with E-state index in [-0.39, 0.29) is 17.7 Å². The van der Waals surface area contributed by atoms with Crippen molar-refractivity contribution in [1.82, 2.24) is 14.7 Å². The fraction of sp³-hybridized carbons (Fsp3) is 0.233. The van der Waals surface area contributed by atoms with Gasteiger partial charge in [0.1, 0.15) is 11.4 Å². The molecule has 1 aliphatic rings. The summed E-state index contributed by atoms with van der Waals surface area (Å²) in [5.41, 5.74) is 3.80. The predicted molar refractivity (Wildman–Crippen MR) is 143 cm³/mol. The number of carbonyl (C=O) groups excluding carboxylic acids is 2. The Kier molecular flexibility index (Phi) is 7.31. The minimum absolute atomic E-state index is 0.00342. The maximum atomic E-state index is 13.8. The van der Waals surface area contributed by atoms with Crippen LogP contribution in [0.15, 0.2) is 91.1 Å². The molecule has 5 rings (SSSR count). The van der Waals surface area contributed by atoms with E-state index in [9.17, 15) is 9.59 Å². The molecule has 37 heavy (non-hydrogen) atoms. The quantitative estimate of drug-likeness (QED) is 0.388. The number of carbonyl (C=O) groups is 2. The van der Waals surface area contributed by atoms with Crippen molar-refractivity contribution < 1.29 is 14.3 Å². The molecule has 3 aromatic carbocycles. The number of benzene rings is 3. The number of likely N-dealkylation sites (tertiary alicyclic amines) is 1. The van der Waals surface area contributed by atoms with Gasteiger partial charge in [-0.15, -0.1) is 0 Å². The molecule has 2 amide bonds. The molecule has 0 spiro atoms. The van der Waals surface area contributed by atoms with Crippen molar-refractivity contribution in [2.24, 2.45) is 5.92 Å². The van der Waals surface area contributed by atoms with Crippen LogP contribution in [0.5, 0.6) is 5.75 Å². The molecule has 188 valence electrons. The molecule has 1 aliphatic heterocycles. The Labute approximate surface area is 216 Å². The van der Waals surface area contributed by atoms with Crippen molar-refractivity contribution in [2.75, 3.05) is 25.5 Å². The van der Waals surface area contributed by atoms with Crippen LogP contribution in [0.3, 0.4) is 0 Å². The first kappa shape index (κ1) is 24.3. The van der Waals surface area contributed by atoms with Gasteiger partial charge in [0.05, 0.1) is 19.2 Å². The molecule has 1 fully saturated rings. The number of piperidine rings is 1. The third-order valence-electron chi connectivity index (χ3n) is 6.74. The third-order valence-corrected chi connectivity index (χ3v) is 6.74. The zero-order valence-electron chi connectivity index (χ0n) is 20.8. The maximum absolute atomic E-state index is 13.8. The van der Waals surface area contributed by atoms with Crippen molar-refractivity contribution in [3.05, 3.63) is 102 Å². The van der Waals surface area contributed by atoms with Crippen molar-refractivity contribution >= 4 is 17.5 Å². The van der Waals surface area contributed by atoms with Crippen LogP contribution in [0.4, 0.5) is 5.69 Å². The van der Waals surface area contributed by atoms with E-state index in [1.807, 2.05) is 101 Å². The highest BCUT2D eigenvalue weighted by molar-refractivity contribution is 6.00. The summed E-state index contributed by atoms with van der Waals surface area (Å²) in [5.74, 6) is 0.461. The molecule has 1 N–H and O–H groups in total. The van der Waals surface area contributed by atoms with Gasteiger partial charge >= 0.3 is 0 Å². The molecule has 0 radical (unpaired) electrons. The number of hydrogen-bond donors (Lipinski definition) is 1. The summed E-state index contributed by atoms with van der Waals surface area (Å²) in [6.07, 6.45) is 3.06. The molecule has 0 unspecified atom stereocenters. The number of aromatic nitrogens is 2. The molecule has 0 atom stereocenters. The molecular weight excluding hydrogens is 464 g/mol. The van der Waals surface area contributed by atoms with Gasteiger partial charge in [0.2, 0.25) is 5.91 Å². The summed E-state index contributed by atoms with van der Waals surface area (Å²) in [6, 6.07) is 27.1. The third kappa shape index (κ3) is 5.56. The number of amides is 2. The maximum Gasteiger partial charge on any atom is 0.257 e. The first-order valence-corrected chi connectivity index (χ1v) is 12.5. The highest BCUT2D eigenvalue weighted by Crippen LogP contribution is 2.32. The summed E-state index contributed by atoms with van der Waals surface area (Å²) in [4.78, 5) is 28.3. The van der Waals surface area contributed by atoms with Crippen LogP contribution in [0.25, 0.3) is 11.3 Å². The Morgan fingerprint density at radius 3 is 2.27 bits per heavy atom. The minimum atomic E-state index is -0.126. The largest absolute Gasteiger partial charge is 0.496 e. The average molecular weight is 495 g/mol. The van der Waals surface area contributed by atoms with Crippen LogP contribution in [0, 0.1) is 5.92 Å². The fourth-order valence-corrected chi connectivity index (χ4v) is 4.75. The minimum Gasteiger partial charge on any atom is -0.496 e. The standard InChI is InChI=1S/C30H30N4O3/c1-37-27-15-9-8-14-25(27)28-26(21-34(32-28)20-22-10-4-2-5-11-22)30(36)33-18-16-23(17-19-33)29(35)31-24-12-6-3-7-13-24/h2-15,21,23H,16-20H2,1H3,(H,31,35). The topological polar surface area (TPSA) is 76.5 Å². The number of para-hydroxylation sites is 2. The highest BCUT2D eigenvalue weighted by atomic mass is 16.5. The summed E-state index contributed by atoms with van der Waals surface area (Å²) < 4.78 is 7.39. The smallest absolute Gasteiger partial charge is 0.257 e. The molecule has 0 aliphatic carbocycles. The molecule has 7 nitrogen and oxygen atoms in total. The molecule has 0 saturated carbocycles. The van der Waals surface area contributed by atoms with Crippen molar-refractivity contribution in [2.45, 2.75) is 19.4 Å². The molecule has 4 aromatic rings. The second-order valence-corrected chi connectivity index (χ2v) is 9.20. The lowest BCUT2D eigenvalue weighted by Gasteiger charge is -2.31. The second kappa shape index (κ2) is 11.1. The number of nitrogens with one attached hydrogen (secondary N) is 1. The fourth-order valence-electron chi connectivity index (χ4n) is 4.75. The first-order chi connectivity index (χ1) is 18.1. The number of rotatable bonds is 7. The summed E-state index contributed by atoms with van der Waals surface area (Å²) in [7, 11) is 1.62. The van der Waals surface area contributed by atoms with Crippen LogP contribution in [-0.4, -0.2) is 46.7 Å². The lowest BCUT2D eigenvalue weighted by atomic mass is 9.95. The zero-order valence-corrected chi connectivity index (χ0v) is 20.8. The summed E-state index contributed by atoms with van der Waals surface area (Å²) in [6.45, 7) is 1.58. The first-order valence-electron chi connectivity index (χ1n) is 12.5. The van der Waals surface area contributed by atoms with Crippen molar-refractivity contribution in [1.29, 1.82) is 0 Å². The van der Waals surface area contributed by atoms with E-state index in [2.05, 4.69) is 5.32 Å². The second-order valence-electron chi connectivity index (χ2n) is 9.20. The van der Waals surface area contributed by atoms with Gasteiger partial charge in [-0.2, -0.15) is 5.10 Å². The van der Waals surface area contributed by atoms with Gasteiger partial charge in [-0.05, 0) is 42.7 Å². The van der Waals surface area contributed by atoms with Crippen molar-refractivity contribution in [3.8, 4) is 17.0 Å². The summed E-state index contributed by atoms with van der Waals surface area (Å²) in [5, 5.41) is 7.80. The van der Waals surface area contributed by atoms with Crippen LogP contribution in [0.1, 0.15) is 28.8 Å². The molecule has 1 saturated heterocycles. The van der Waals surface area contributed by atoms with Crippen LogP contribution < -0.4 is 10.1 Å². The Hall–Kier alpha value is -4.39. The summed E-state index contributed by atoms with van der Waals surface area (Å²) >= 11 is 0. The molecular formula is C30H30N4O3. The molecule has 0 bridgehead atoms. The van der Waals surface area contributed by atoms with E-state index >= 15 is 0 Å². The molecule has 7 heteroatoms. The van der Waals surface area contributed by atoms with E-state index < -0.39 is 0 Å². The van der Waals surface area contributed by atoms with Gasteiger partial charge in [0.15, 0.2) is 0 Å². The molecule has 2 heterocycles. The van der Waals surface area contributed by atoms with Gasteiger partial charge in [-0.25, -0.2) is 0 Å². The highest BCUT2D eigenvalue weighted by Gasteiger charge is 2.30. The Bertz CT molecular complexity index is 1360. The lowest BCUT2D eigenvalue weighted by Crippen LogP contribution is -2.41. The Morgan fingerprint density at radius 1 is 0.919 bits per heavy atom. The van der Waals surface area contributed by atoms with E-state index in [0.29, 0.717) is 49.5 Å². The number of hydrogen-bond acceptors (Lipinski definition) is 4. The number of nitrogens with zero attached hydrogens (tertiary/aromatic N) is 3. The van der Waals surface area contributed by atoms with E-state index in [1.165, 1.54) is 0 Å². The molecule has 1 aromatic heterocycles. The predicted octanol–water partition coefficient (Wildman–Crippen LogP) is 5.10. The van der Waals surface area contributed by atoms with E-state index in [4.69, 9.17) is 9.84 Å². The van der Waals surface area contributed by atoms with Crippen LogP contribution in [-0.2, 0) is 11.3 Å². The van der Waals surface area contributed by atoms with Gasteiger partial charge < -0.3 is 15.0 Å². The van der Waals surface area contributed by atoms with Crippen LogP contribution in [0.2, 0.25) is 0 Å². The normalized spacial score (nSPS) is 13.8. The zero-order chi connectivity index (χ0) is 25.6. The number of ether oxygens (including phenoxy) is 1.